The van der Waals surface area contributed by atoms with Crippen molar-refractivity contribution >= 4 is 30.7 Å². The lowest BCUT2D eigenvalue weighted by Gasteiger charge is -2.31. The molecule has 1 amide bonds. The molecule has 3 rings (SSSR count). The van der Waals surface area contributed by atoms with E-state index in [1.807, 2.05) is 0 Å². The molecule has 1 aromatic carbocycles. The summed E-state index contributed by atoms with van der Waals surface area (Å²) in [7, 11) is 0. The average molecular weight is 243 g/mol. The van der Waals surface area contributed by atoms with Gasteiger partial charge in [0.2, 0.25) is 0 Å². The van der Waals surface area contributed by atoms with Gasteiger partial charge in [0.25, 0.3) is 5.91 Å². The molecule has 0 N–H and O–H groups in total. The van der Waals surface area contributed by atoms with Crippen LogP contribution in [-0.2, 0) is 0 Å². The topological polar surface area (TPSA) is 54.3 Å². The highest BCUT2D eigenvalue weighted by Crippen LogP contribution is 2.40. The molecule has 5 heteroatoms. The molecule has 1 saturated heterocycles. The van der Waals surface area contributed by atoms with E-state index in [1.54, 1.807) is 17.0 Å². The third-order valence-electron chi connectivity index (χ3n) is 3.37. The van der Waals surface area contributed by atoms with Crippen LogP contribution in [0.2, 0.25) is 0 Å². The Labute approximate surface area is 105 Å². The van der Waals surface area contributed by atoms with Crippen LogP contribution < -0.4 is 4.74 Å². The normalized spacial score (nSPS) is 21.0. The standard InChI is InChI=1S/C13H13N3O2/c1-14-9-6-8-11(7-10(9)15-2)18-12-4-3-5-16(12)13(8)17/h6-7,12H,1-5H2. The van der Waals surface area contributed by atoms with Gasteiger partial charge in [-0.3, -0.25) is 14.8 Å². The minimum Gasteiger partial charge on any atom is -0.470 e. The fraction of sp³-hybridized carbons (Fsp3) is 0.308. The summed E-state index contributed by atoms with van der Waals surface area (Å²) in [6.45, 7) is 7.71. The van der Waals surface area contributed by atoms with Crippen molar-refractivity contribution in [1.29, 1.82) is 0 Å². The van der Waals surface area contributed by atoms with Gasteiger partial charge in [-0.25, -0.2) is 0 Å². The van der Waals surface area contributed by atoms with Crippen molar-refractivity contribution in [2.45, 2.75) is 19.1 Å². The molecular formula is C13H13N3O2. The van der Waals surface area contributed by atoms with Gasteiger partial charge in [-0.05, 0) is 25.9 Å². The van der Waals surface area contributed by atoms with E-state index >= 15 is 0 Å². The number of ether oxygens (including phenoxy) is 1. The van der Waals surface area contributed by atoms with E-state index in [9.17, 15) is 4.79 Å². The summed E-state index contributed by atoms with van der Waals surface area (Å²) >= 11 is 0. The molecule has 1 unspecified atom stereocenters. The summed E-state index contributed by atoms with van der Waals surface area (Å²) in [4.78, 5) is 21.8. The lowest BCUT2D eigenvalue weighted by Crippen LogP contribution is -2.42. The van der Waals surface area contributed by atoms with Crippen LogP contribution in [0.15, 0.2) is 22.1 Å². The van der Waals surface area contributed by atoms with E-state index in [0.29, 0.717) is 22.7 Å². The molecule has 1 aromatic rings. The van der Waals surface area contributed by atoms with Crippen LogP contribution >= 0.6 is 0 Å². The Morgan fingerprint density at radius 3 is 2.72 bits per heavy atom. The Hall–Kier alpha value is -2.17. The van der Waals surface area contributed by atoms with Gasteiger partial charge in [0.15, 0.2) is 6.23 Å². The lowest BCUT2D eigenvalue weighted by molar-refractivity contribution is 0.0294. The largest absolute Gasteiger partial charge is 0.470 e. The van der Waals surface area contributed by atoms with E-state index in [4.69, 9.17) is 4.74 Å². The Bertz CT molecular complexity index is 553. The molecule has 2 heterocycles. The number of hydrogen-bond acceptors (Lipinski definition) is 4. The van der Waals surface area contributed by atoms with Crippen molar-refractivity contribution < 1.29 is 9.53 Å². The summed E-state index contributed by atoms with van der Waals surface area (Å²) in [6.07, 6.45) is 1.72. The summed E-state index contributed by atoms with van der Waals surface area (Å²) in [5.41, 5.74) is 1.67. The number of hydrogen-bond donors (Lipinski definition) is 0. The molecule has 1 fully saturated rings. The third kappa shape index (κ3) is 1.44. The number of carbonyl (C=O) groups is 1. The minimum atomic E-state index is -0.134. The highest BCUT2D eigenvalue weighted by Gasteiger charge is 2.37. The summed E-state index contributed by atoms with van der Waals surface area (Å²) < 4.78 is 5.82. The SMILES string of the molecule is C=Nc1cc2c(cc1N=C)C(=O)N1CCCC1O2. The Morgan fingerprint density at radius 1 is 1.28 bits per heavy atom. The zero-order valence-electron chi connectivity index (χ0n) is 9.93. The Kier molecular flexibility index (Phi) is 2.40. The van der Waals surface area contributed by atoms with Crippen LogP contribution in [0.4, 0.5) is 11.4 Å². The molecule has 0 spiro atoms. The number of nitrogens with zero attached hydrogens (tertiary/aromatic N) is 3. The lowest BCUT2D eigenvalue weighted by atomic mass is 10.1. The van der Waals surface area contributed by atoms with Crippen molar-refractivity contribution in [3.05, 3.63) is 17.7 Å². The molecule has 1 atom stereocenters. The molecule has 5 nitrogen and oxygen atoms in total. The van der Waals surface area contributed by atoms with Gasteiger partial charge in [0.1, 0.15) is 5.75 Å². The number of carbonyl (C=O) groups excluding carboxylic acids is 1. The van der Waals surface area contributed by atoms with Gasteiger partial charge in [-0.2, -0.15) is 0 Å². The number of aliphatic imine (C=N–C) groups is 2. The molecule has 0 radical (unpaired) electrons. The molecular weight excluding hydrogens is 230 g/mol. The molecule has 0 bridgehead atoms. The fourth-order valence-electron chi connectivity index (χ4n) is 2.47. The molecule has 2 aliphatic heterocycles. The van der Waals surface area contributed by atoms with Crippen LogP contribution in [0, 0.1) is 0 Å². The highest BCUT2D eigenvalue weighted by atomic mass is 16.5. The van der Waals surface area contributed by atoms with E-state index < -0.39 is 0 Å². The number of benzene rings is 1. The number of fused-ring (bicyclic) bond motifs is 2. The zero-order chi connectivity index (χ0) is 12.7. The van der Waals surface area contributed by atoms with Gasteiger partial charge in [0, 0.05) is 19.0 Å². The molecule has 0 saturated carbocycles. The second-order valence-corrected chi connectivity index (χ2v) is 4.37. The van der Waals surface area contributed by atoms with E-state index in [2.05, 4.69) is 23.4 Å². The second-order valence-electron chi connectivity index (χ2n) is 4.37. The molecule has 0 aliphatic carbocycles. The Morgan fingerprint density at radius 2 is 2.00 bits per heavy atom. The highest BCUT2D eigenvalue weighted by molar-refractivity contribution is 6.00. The van der Waals surface area contributed by atoms with Crippen LogP contribution in [0.3, 0.4) is 0 Å². The van der Waals surface area contributed by atoms with Crippen LogP contribution in [0.5, 0.6) is 5.75 Å². The van der Waals surface area contributed by atoms with Crippen molar-refractivity contribution in [3.63, 3.8) is 0 Å². The maximum absolute atomic E-state index is 12.3. The van der Waals surface area contributed by atoms with E-state index in [1.165, 1.54) is 0 Å². The Balaban J connectivity index is 2.13. The van der Waals surface area contributed by atoms with Gasteiger partial charge < -0.3 is 9.64 Å². The molecule has 92 valence electrons. The zero-order valence-corrected chi connectivity index (χ0v) is 9.93. The summed E-state index contributed by atoms with van der Waals surface area (Å²) in [6, 6.07) is 3.38. The number of rotatable bonds is 2. The van der Waals surface area contributed by atoms with Crippen LogP contribution in [0.1, 0.15) is 23.2 Å². The molecule has 0 aromatic heterocycles. The van der Waals surface area contributed by atoms with Crippen molar-refractivity contribution in [2.75, 3.05) is 6.54 Å². The first-order valence-electron chi connectivity index (χ1n) is 5.83. The molecule has 18 heavy (non-hydrogen) atoms. The smallest absolute Gasteiger partial charge is 0.260 e. The maximum Gasteiger partial charge on any atom is 0.260 e. The maximum atomic E-state index is 12.3. The quantitative estimate of drug-likeness (QED) is 0.748. The molecule has 2 aliphatic rings. The third-order valence-corrected chi connectivity index (χ3v) is 3.37. The van der Waals surface area contributed by atoms with Crippen LogP contribution in [-0.4, -0.2) is 37.0 Å². The van der Waals surface area contributed by atoms with Crippen molar-refractivity contribution in [1.82, 2.24) is 4.90 Å². The summed E-state index contributed by atoms with van der Waals surface area (Å²) in [5.74, 6) is 0.567. The summed E-state index contributed by atoms with van der Waals surface area (Å²) in [5, 5.41) is 0. The average Bonchev–Trinajstić information content (AvgIpc) is 2.86. The monoisotopic (exact) mass is 243 g/mol. The first-order valence-corrected chi connectivity index (χ1v) is 5.83. The van der Waals surface area contributed by atoms with E-state index in [-0.39, 0.29) is 12.1 Å². The van der Waals surface area contributed by atoms with E-state index in [0.717, 1.165) is 19.4 Å². The predicted octanol–water partition coefficient (Wildman–Crippen LogP) is 2.31. The van der Waals surface area contributed by atoms with Gasteiger partial charge in [-0.15, -0.1) is 0 Å². The minimum absolute atomic E-state index is 0.000683. The van der Waals surface area contributed by atoms with Gasteiger partial charge in [0.05, 0.1) is 16.9 Å². The van der Waals surface area contributed by atoms with Gasteiger partial charge in [-0.1, -0.05) is 0 Å². The fourth-order valence-corrected chi connectivity index (χ4v) is 2.47. The van der Waals surface area contributed by atoms with Crippen molar-refractivity contribution in [2.24, 2.45) is 9.98 Å². The number of amides is 1. The second kappa shape index (κ2) is 3.94. The van der Waals surface area contributed by atoms with Crippen molar-refractivity contribution in [3.8, 4) is 5.75 Å². The first-order chi connectivity index (χ1) is 8.74. The predicted molar refractivity (Wildman–Crippen MR) is 69.5 cm³/mol. The van der Waals surface area contributed by atoms with Crippen LogP contribution in [0.25, 0.3) is 0 Å². The van der Waals surface area contributed by atoms with Gasteiger partial charge >= 0.3 is 0 Å². The first kappa shape index (κ1) is 11.0.